The van der Waals surface area contributed by atoms with Crippen LogP contribution in [0.4, 0.5) is 5.69 Å². The van der Waals surface area contributed by atoms with E-state index < -0.39 is 10.0 Å². The molecule has 0 atom stereocenters. The number of hydrogen-bond acceptors (Lipinski definition) is 3. The van der Waals surface area contributed by atoms with Crippen molar-refractivity contribution in [2.45, 2.75) is 18.7 Å². The zero-order valence-electron chi connectivity index (χ0n) is 10.5. The Hall–Kier alpha value is -1.40. The summed E-state index contributed by atoms with van der Waals surface area (Å²) in [5.41, 5.74) is 2.16. The summed E-state index contributed by atoms with van der Waals surface area (Å²) in [6.07, 6.45) is 1.58. The topological polar surface area (TPSA) is 59.1 Å². The van der Waals surface area contributed by atoms with Crippen LogP contribution in [-0.4, -0.2) is 13.4 Å². The number of aryl methyl sites for hydroxylation is 2. The second kappa shape index (κ2) is 5.30. The molecule has 0 amide bonds. The van der Waals surface area contributed by atoms with Crippen molar-refractivity contribution in [3.63, 3.8) is 0 Å². The van der Waals surface area contributed by atoms with E-state index in [1.165, 1.54) is 0 Å². The third kappa shape index (κ3) is 3.13. The highest BCUT2D eigenvalue weighted by molar-refractivity contribution is 9.10. The van der Waals surface area contributed by atoms with Gasteiger partial charge in [-0.1, -0.05) is 17.7 Å². The lowest BCUT2D eigenvalue weighted by molar-refractivity contribution is 0.600. The molecule has 2 aromatic rings. The van der Waals surface area contributed by atoms with Gasteiger partial charge in [0.2, 0.25) is 0 Å². The van der Waals surface area contributed by atoms with Crippen molar-refractivity contribution in [3.05, 3.63) is 52.3 Å². The van der Waals surface area contributed by atoms with Gasteiger partial charge in [-0.3, -0.25) is 4.72 Å². The van der Waals surface area contributed by atoms with Gasteiger partial charge in [-0.25, -0.2) is 13.4 Å². The monoisotopic (exact) mass is 340 g/mol. The van der Waals surface area contributed by atoms with E-state index in [9.17, 15) is 8.42 Å². The zero-order valence-corrected chi connectivity index (χ0v) is 12.9. The Balaban J connectivity index is 2.41. The van der Waals surface area contributed by atoms with Gasteiger partial charge in [0, 0.05) is 6.20 Å². The average Bonchev–Trinajstić information content (AvgIpc) is 2.31. The summed E-state index contributed by atoms with van der Waals surface area (Å²) in [5, 5.41) is 0. The van der Waals surface area contributed by atoms with Crippen molar-refractivity contribution >= 4 is 31.6 Å². The molecule has 0 radical (unpaired) electrons. The number of rotatable bonds is 3. The van der Waals surface area contributed by atoms with Gasteiger partial charge in [-0.05, 0) is 53.5 Å². The molecule has 1 aromatic carbocycles. The minimum atomic E-state index is -3.60. The molecule has 0 unspecified atom stereocenters. The van der Waals surface area contributed by atoms with Gasteiger partial charge in [-0.2, -0.15) is 0 Å². The fraction of sp³-hybridized carbons (Fsp3) is 0.154. The maximum Gasteiger partial charge on any atom is 0.262 e. The maximum atomic E-state index is 12.3. The highest BCUT2D eigenvalue weighted by Gasteiger charge is 2.18. The largest absolute Gasteiger partial charge is 0.277 e. The number of halogens is 1. The molecule has 0 fully saturated rings. The van der Waals surface area contributed by atoms with Crippen LogP contribution in [0.1, 0.15) is 11.1 Å². The van der Waals surface area contributed by atoms with Gasteiger partial charge in [0.25, 0.3) is 10.0 Å². The van der Waals surface area contributed by atoms with Gasteiger partial charge < -0.3 is 0 Å². The molecule has 6 heteroatoms. The zero-order chi connectivity index (χ0) is 14.0. The van der Waals surface area contributed by atoms with Crippen molar-refractivity contribution < 1.29 is 8.42 Å². The molecule has 1 heterocycles. The van der Waals surface area contributed by atoms with Crippen LogP contribution >= 0.6 is 15.9 Å². The van der Waals surface area contributed by atoms with Crippen molar-refractivity contribution in [2.75, 3.05) is 4.72 Å². The van der Waals surface area contributed by atoms with Gasteiger partial charge >= 0.3 is 0 Å². The predicted molar refractivity (Wildman–Crippen MR) is 78.7 cm³/mol. The summed E-state index contributed by atoms with van der Waals surface area (Å²) >= 11 is 3.21. The number of pyridine rings is 1. The van der Waals surface area contributed by atoms with E-state index in [4.69, 9.17) is 0 Å². The molecule has 4 nitrogen and oxygen atoms in total. The molecule has 0 bridgehead atoms. The van der Waals surface area contributed by atoms with Gasteiger partial charge in [0.1, 0.15) is 4.60 Å². The normalized spacial score (nSPS) is 11.3. The SMILES string of the molecule is Cc1ccc(S(=O)(=O)Nc2cccnc2Br)c(C)c1. The smallest absolute Gasteiger partial charge is 0.262 e. The van der Waals surface area contributed by atoms with E-state index in [1.807, 2.05) is 13.0 Å². The third-order valence-corrected chi connectivity index (χ3v) is 4.78. The van der Waals surface area contributed by atoms with Crippen molar-refractivity contribution in [3.8, 4) is 0 Å². The lowest BCUT2D eigenvalue weighted by atomic mass is 10.2. The Morgan fingerprint density at radius 3 is 2.58 bits per heavy atom. The minimum absolute atomic E-state index is 0.272. The lowest BCUT2D eigenvalue weighted by Crippen LogP contribution is -2.14. The number of anilines is 1. The average molecular weight is 341 g/mol. The Kier molecular flexibility index (Phi) is 3.91. The molecule has 100 valence electrons. The minimum Gasteiger partial charge on any atom is -0.277 e. The number of sulfonamides is 1. The molecular weight excluding hydrogens is 328 g/mol. The van der Waals surface area contributed by atoms with Gasteiger partial charge in [-0.15, -0.1) is 0 Å². The van der Waals surface area contributed by atoms with Gasteiger partial charge in [0.05, 0.1) is 10.6 Å². The fourth-order valence-electron chi connectivity index (χ4n) is 1.76. The van der Waals surface area contributed by atoms with Crippen molar-refractivity contribution in [1.29, 1.82) is 0 Å². The van der Waals surface area contributed by atoms with Crippen LogP contribution in [0, 0.1) is 13.8 Å². The Morgan fingerprint density at radius 2 is 1.95 bits per heavy atom. The molecule has 0 aliphatic carbocycles. The van der Waals surface area contributed by atoms with E-state index in [0.717, 1.165) is 5.56 Å². The highest BCUT2D eigenvalue weighted by atomic mass is 79.9. The number of nitrogens with zero attached hydrogens (tertiary/aromatic N) is 1. The van der Waals surface area contributed by atoms with Crippen LogP contribution < -0.4 is 4.72 Å². The Morgan fingerprint density at radius 1 is 1.21 bits per heavy atom. The first-order chi connectivity index (χ1) is 8.90. The molecule has 0 aliphatic heterocycles. The van der Waals surface area contributed by atoms with Gasteiger partial charge in [0.15, 0.2) is 0 Å². The summed E-state index contributed by atoms with van der Waals surface area (Å²) < 4.78 is 27.6. The number of hydrogen-bond donors (Lipinski definition) is 1. The summed E-state index contributed by atoms with van der Waals surface area (Å²) in [4.78, 5) is 4.26. The molecule has 1 aromatic heterocycles. The van der Waals surface area contributed by atoms with E-state index >= 15 is 0 Å². The molecule has 0 spiro atoms. The third-order valence-electron chi connectivity index (χ3n) is 2.62. The second-order valence-corrected chi connectivity index (χ2v) is 6.62. The molecule has 0 saturated heterocycles. The molecule has 2 rings (SSSR count). The fourth-order valence-corrected chi connectivity index (χ4v) is 3.54. The van der Waals surface area contributed by atoms with Crippen LogP contribution in [0.2, 0.25) is 0 Å². The van der Waals surface area contributed by atoms with E-state index in [-0.39, 0.29) is 4.90 Å². The standard InChI is InChI=1S/C13H13BrN2O2S/c1-9-5-6-12(10(2)8-9)19(17,18)16-11-4-3-7-15-13(11)14/h3-8,16H,1-2H3. The number of nitrogens with one attached hydrogen (secondary N) is 1. The van der Waals surface area contributed by atoms with Crippen LogP contribution in [0.15, 0.2) is 46.0 Å². The summed E-state index contributed by atoms with van der Waals surface area (Å²) in [5.74, 6) is 0. The van der Waals surface area contributed by atoms with E-state index in [2.05, 4.69) is 25.6 Å². The van der Waals surface area contributed by atoms with Crippen LogP contribution in [-0.2, 0) is 10.0 Å². The first-order valence-corrected chi connectivity index (χ1v) is 7.88. The van der Waals surface area contributed by atoms with E-state index in [0.29, 0.717) is 15.9 Å². The second-order valence-electron chi connectivity index (χ2n) is 4.22. The van der Waals surface area contributed by atoms with Crippen LogP contribution in [0.25, 0.3) is 0 Å². The molecule has 19 heavy (non-hydrogen) atoms. The highest BCUT2D eigenvalue weighted by Crippen LogP contribution is 2.24. The first kappa shape index (κ1) is 14.0. The molecule has 1 N–H and O–H groups in total. The summed E-state index contributed by atoms with van der Waals surface area (Å²) in [7, 11) is -3.60. The van der Waals surface area contributed by atoms with Crippen LogP contribution in [0.3, 0.4) is 0 Å². The van der Waals surface area contributed by atoms with Crippen molar-refractivity contribution in [2.24, 2.45) is 0 Å². The van der Waals surface area contributed by atoms with E-state index in [1.54, 1.807) is 37.4 Å². The quantitative estimate of drug-likeness (QED) is 0.872. The number of aromatic nitrogens is 1. The number of benzene rings is 1. The van der Waals surface area contributed by atoms with Crippen LogP contribution in [0.5, 0.6) is 0 Å². The molecule has 0 saturated carbocycles. The molecular formula is C13H13BrN2O2S. The van der Waals surface area contributed by atoms with Crippen molar-refractivity contribution in [1.82, 2.24) is 4.98 Å². The molecule has 0 aliphatic rings. The maximum absolute atomic E-state index is 12.3. The summed E-state index contributed by atoms with van der Waals surface area (Å²) in [6.45, 7) is 3.70. The Bertz CT molecular complexity index is 714. The predicted octanol–water partition coefficient (Wildman–Crippen LogP) is 3.26. The lowest BCUT2D eigenvalue weighted by Gasteiger charge is -2.11. The first-order valence-electron chi connectivity index (χ1n) is 5.61. The summed E-state index contributed by atoms with van der Waals surface area (Å²) in [6, 6.07) is 8.55. The Labute approximate surface area is 121 Å².